The van der Waals surface area contributed by atoms with E-state index in [0.29, 0.717) is 18.1 Å². The van der Waals surface area contributed by atoms with E-state index in [-0.39, 0.29) is 5.91 Å². The first-order chi connectivity index (χ1) is 15.2. The van der Waals surface area contributed by atoms with Crippen LogP contribution in [-0.2, 0) is 11.2 Å². The number of rotatable bonds is 6. The first-order valence-electron chi connectivity index (χ1n) is 10.7. The van der Waals surface area contributed by atoms with E-state index in [1.807, 2.05) is 62.4 Å². The number of benzene rings is 3. The molecule has 0 saturated carbocycles. The van der Waals surface area contributed by atoms with E-state index < -0.39 is 0 Å². The zero-order valence-corrected chi connectivity index (χ0v) is 18.9. The van der Waals surface area contributed by atoms with Crippen LogP contribution in [-0.4, -0.2) is 29.1 Å². The van der Waals surface area contributed by atoms with E-state index in [9.17, 15) is 4.79 Å². The van der Waals surface area contributed by atoms with Crippen LogP contribution in [0.5, 0.6) is 5.75 Å². The predicted molar refractivity (Wildman–Crippen MR) is 131 cm³/mol. The van der Waals surface area contributed by atoms with Gasteiger partial charge < -0.3 is 4.74 Å². The van der Waals surface area contributed by atoms with Gasteiger partial charge in [-0.3, -0.25) is 9.69 Å². The van der Waals surface area contributed by atoms with Gasteiger partial charge in [0.1, 0.15) is 5.75 Å². The van der Waals surface area contributed by atoms with Crippen molar-refractivity contribution < 1.29 is 9.53 Å². The highest BCUT2D eigenvalue weighted by Gasteiger charge is 2.32. The molecule has 4 nitrogen and oxygen atoms in total. The van der Waals surface area contributed by atoms with Crippen molar-refractivity contribution in [3.63, 3.8) is 0 Å². The molecule has 5 heteroatoms. The molecule has 0 aromatic heterocycles. The summed E-state index contributed by atoms with van der Waals surface area (Å²) < 4.78 is 5.78. The number of nitrogens with zero attached hydrogens (tertiary/aromatic N) is 2. The zero-order chi connectivity index (χ0) is 21.8. The summed E-state index contributed by atoms with van der Waals surface area (Å²) in [4.78, 5) is 20.4. The van der Waals surface area contributed by atoms with E-state index in [0.717, 1.165) is 39.4 Å². The Balaban J connectivity index is 1.75. The smallest absolute Gasteiger partial charge is 0.266 e. The zero-order valence-electron chi connectivity index (χ0n) is 18.1. The van der Waals surface area contributed by atoms with Crippen molar-refractivity contribution in [1.29, 1.82) is 0 Å². The molecule has 0 N–H and O–H groups in total. The molecule has 0 aliphatic carbocycles. The second kappa shape index (κ2) is 9.40. The van der Waals surface area contributed by atoms with Crippen molar-refractivity contribution in [2.24, 2.45) is 4.99 Å². The van der Waals surface area contributed by atoms with Gasteiger partial charge in [-0.2, -0.15) is 0 Å². The van der Waals surface area contributed by atoms with Gasteiger partial charge in [-0.15, -0.1) is 0 Å². The van der Waals surface area contributed by atoms with Crippen LogP contribution in [0.15, 0.2) is 70.6 Å². The minimum atomic E-state index is -0.00167. The standard InChI is InChI=1S/C26H26N2O2S/c1-4-18-11-7-10-14-22(18)27-26-28(5-2)25(29)24(31-26)17-19-15-16-23(30-6-3)21-13-9-8-12-20(19)21/h7-17H,4-6H2,1-3H3/b24-17+,27-26?. The summed E-state index contributed by atoms with van der Waals surface area (Å²) in [5.41, 5.74) is 3.10. The Morgan fingerprint density at radius 1 is 0.968 bits per heavy atom. The Labute approximate surface area is 187 Å². The van der Waals surface area contributed by atoms with Gasteiger partial charge in [0, 0.05) is 11.9 Å². The number of amidine groups is 1. The lowest BCUT2D eigenvalue weighted by Crippen LogP contribution is -2.28. The predicted octanol–water partition coefficient (Wildman–Crippen LogP) is 6.42. The number of hydrogen-bond donors (Lipinski definition) is 0. The average molecular weight is 431 g/mol. The number of para-hydroxylation sites is 1. The van der Waals surface area contributed by atoms with Crippen molar-refractivity contribution >= 4 is 45.4 Å². The molecular weight excluding hydrogens is 404 g/mol. The maximum Gasteiger partial charge on any atom is 0.266 e. The highest BCUT2D eigenvalue weighted by atomic mass is 32.2. The molecule has 1 fully saturated rings. The van der Waals surface area contributed by atoms with Gasteiger partial charge in [-0.1, -0.05) is 55.5 Å². The summed E-state index contributed by atoms with van der Waals surface area (Å²) in [6.07, 6.45) is 2.88. The molecule has 1 heterocycles. The third-order valence-corrected chi connectivity index (χ3v) is 6.30. The Hall–Kier alpha value is -3.05. The summed E-state index contributed by atoms with van der Waals surface area (Å²) in [5.74, 6) is 0.859. The van der Waals surface area contributed by atoms with Crippen LogP contribution in [0.1, 0.15) is 31.9 Å². The normalized spacial score (nSPS) is 16.6. The van der Waals surface area contributed by atoms with E-state index in [4.69, 9.17) is 9.73 Å². The minimum Gasteiger partial charge on any atom is -0.493 e. The average Bonchev–Trinajstić information content (AvgIpc) is 3.09. The van der Waals surface area contributed by atoms with Crippen LogP contribution in [0.4, 0.5) is 5.69 Å². The van der Waals surface area contributed by atoms with Gasteiger partial charge in [0.15, 0.2) is 5.17 Å². The number of aliphatic imine (C=N–C) groups is 1. The van der Waals surface area contributed by atoms with Crippen LogP contribution in [0.3, 0.4) is 0 Å². The Bertz CT molecular complexity index is 1180. The molecule has 0 bridgehead atoms. The lowest BCUT2D eigenvalue weighted by atomic mass is 10.0. The molecule has 1 aliphatic heterocycles. The number of ether oxygens (including phenoxy) is 1. The van der Waals surface area contributed by atoms with Crippen LogP contribution in [0.25, 0.3) is 16.8 Å². The first kappa shape index (κ1) is 21.2. The van der Waals surface area contributed by atoms with Gasteiger partial charge in [0.2, 0.25) is 0 Å². The van der Waals surface area contributed by atoms with Crippen molar-refractivity contribution in [2.75, 3.05) is 13.2 Å². The fourth-order valence-electron chi connectivity index (χ4n) is 3.74. The summed E-state index contributed by atoms with van der Waals surface area (Å²) >= 11 is 1.44. The topological polar surface area (TPSA) is 41.9 Å². The summed E-state index contributed by atoms with van der Waals surface area (Å²) in [6.45, 7) is 7.28. The fraction of sp³-hybridized carbons (Fsp3) is 0.231. The molecule has 0 unspecified atom stereocenters. The number of hydrogen-bond acceptors (Lipinski definition) is 4. The van der Waals surface area contributed by atoms with Crippen molar-refractivity contribution in [2.45, 2.75) is 27.2 Å². The van der Waals surface area contributed by atoms with Crippen molar-refractivity contribution in [1.82, 2.24) is 4.90 Å². The lowest BCUT2D eigenvalue weighted by molar-refractivity contribution is -0.122. The number of thioether (sulfide) groups is 1. The minimum absolute atomic E-state index is 0.00167. The number of aryl methyl sites for hydroxylation is 1. The molecule has 158 valence electrons. The number of carbonyl (C=O) groups is 1. The summed E-state index contributed by atoms with van der Waals surface area (Å²) in [7, 11) is 0. The SMILES string of the molecule is CCOc1ccc(/C=C2/SC(=Nc3ccccc3CC)N(CC)C2=O)c2ccccc12. The summed E-state index contributed by atoms with van der Waals surface area (Å²) in [6, 6.07) is 20.2. The number of fused-ring (bicyclic) bond motifs is 1. The van der Waals surface area contributed by atoms with Crippen LogP contribution in [0, 0.1) is 0 Å². The first-order valence-corrected chi connectivity index (χ1v) is 11.5. The molecule has 0 radical (unpaired) electrons. The summed E-state index contributed by atoms with van der Waals surface area (Å²) in [5, 5.41) is 2.85. The third kappa shape index (κ3) is 4.23. The Morgan fingerprint density at radius 2 is 1.71 bits per heavy atom. The molecular formula is C26H26N2O2S. The molecule has 1 aliphatic rings. The fourth-order valence-corrected chi connectivity index (χ4v) is 4.78. The molecule has 0 spiro atoms. The Morgan fingerprint density at radius 3 is 2.45 bits per heavy atom. The van der Waals surface area contributed by atoms with E-state index in [1.54, 1.807) is 4.90 Å². The van der Waals surface area contributed by atoms with Crippen LogP contribution >= 0.6 is 11.8 Å². The molecule has 3 aromatic carbocycles. The molecule has 0 atom stereocenters. The maximum atomic E-state index is 13.1. The highest BCUT2D eigenvalue weighted by molar-refractivity contribution is 8.18. The van der Waals surface area contributed by atoms with Gasteiger partial charge in [-0.05, 0) is 66.8 Å². The quantitative estimate of drug-likeness (QED) is 0.424. The molecule has 4 rings (SSSR count). The number of amides is 1. The molecule has 1 saturated heterocycles. The second-order valence-electron chi connectivity index (χ2n) is 7.17. The lowest BCUT2D eigenvalue weighted by Gasteiger charge is -2.13. The highest BCUT2D eigenvalue weighted by Crippen LogP contribution is 2.37. The largest absolute Gasteiger partial charge is 0.493 e. The monoisotopic (exact) mass is 430 g/mol. The number of carbonyl (C=O) groups excluding carboxylic acids is 1. The van der Waals surface area contributed by atoms with Crippen molar-refractivity contribution in [3.8, 4) is 5.75 Å². The van der Waals surface area contributed by atoms with Crippen LogP contribution < -0.4 is 4.74 Å². The molecule has 31 heavy (non-hydrogen) atoms. The third-order valence-electron chi connectivity index (χ3n) is 5.30. The van der Waals surface area contributed by atoms with Gasteiger partial charge in [-0.25, -0.2) is 4.99 Å². The number of likely N-dealkylation sites (N-methyl/N-ethyl adjacent to an activating group) is 1. The Kier molecular flexibility index (Phi) is 6.42. The van der Waals surface area contributed by atoms with Gasteiger partial charge >= 0.3 is 0 Å². The van der Waals surface area contributed by atoms with E-state index >= 15 is 0 Å². The van der Waals surface area contributed by atoms with E-state index in [2.05, 4.69) is 25.1 Å². The maximum absolute atomic E-state index is 13.1. The van der Waals surface area contributed by atoms with Crippen LogP contribution in [0.2, 0.25) is 0 Å². The van der Waals surface area contributed by atoms with Gasteiger partial charge in [0.25, 0.3) is 5.91 Å². The van der Waals surface area contributed by atoms with Gasteiger partial charge in [0.05, 0.1) is 17.2 Å². The molecule has 3 aromatic rings. The molecule has 1 amide bonds. The van der Waals surface area contributed by atoms with Crippen molar-refractivity contribution in [3.05, 3.63) is 76.7 Å². The van der Waals surface area contributed by atoms with E-state index in [1.165, 1.54) is 17.3 Å². The second-order valence-corrected chi connectivity index (χ2v) is 8.18.